The van der Waals surface area contributed by atoms with Crippen molar-refractivity contribution in [2.75, 3.05) is 25.2 Å². The molecule has 0 saturated heterocycles. The molecular formula is C18H18N2O5S2. The summed E-state index contributed by atoms with van der Waals surface area (Å²) in [6.07, 6.45) is 1.71. The van der Waals surface area contributed by atoms with Gasteiger partial charge in [-0.1, -0.05) is 18.2 Å². The van der Waals surface area contributed by atoms with Gasteiger partial charge in [0, 0.05) is 23.3 Å². The van der Waals surface area contributed by atoms with E-state index in [0.717, 1.165) is 11.0 Å². The summed E-state index contributed by atoms with van der Waals surface area (Å²) < 4.78 is 4.93. The van der Waals surface area contributed by atoms with E-state index in [1.807, 2.05) is 30.3 Å². The average Bonchev–Trinajstić information content (AvgIpc) is 2.69. The second-order valence-electron chi connectivity index (χ2n) is 5.23. The maximum Gasteiger partial charge on any atom is 0.338 e. The number of carbonyl (C=O) groups excluding carboxylic acids is 2. The summed E-state index contributed by atoms with van der Waals surface area (Å²) in [6.45, 7) is -0.00322. The quantitative estimate of drug-likeness (QED) is 0.224. The molecule has 0 spiro atoms. The molecule has 7 nitrogen and oxygen atoms in total. The summed E-state index contributed by atoms with van der Waals surface area (Å²) in [7, 11) is 0. The van der Waals surface area contributed by atoms with Crippen molar-refractivity contribution >= 4 is 41.1 Å². The number of thioether (sulfide) groups is 2. The van der Waals surface area contributed by atoms with Crippen LogP contribution in [0.1, 0.15) is 10.4 Å². The van der Waals surface area contributed by atoms with Gasteiger partial charge in [-0.2, -0.15) is 0 Å². The number of carbonyl (C=O) groups is 2. The Labute approximate surface area is 165 Å². The van der Waals surface area contributed by atoms with Crippen molar-refractivity contribution in [2.45, 2.75) is 9.79 Å². The summed E-state index contributed by atoms with van der Waals surface area (Å²) >= 11 is 2.82. The fourth-order valence-corrected chi connectivity index (χ4v) is 3.44. The van der Waals surface area contributed by atoms with E-state index in [4.69, 9.17) is 4.74 Å². The van der Waals surface area contributed by atoms with Gasteiger partial charge in [-0.3, -0.25) is 14.9 Å². The zero-order valence-electron chi connectivity index (χ0n) is 14.5. The topological polar surface area (TPSA) is 98.5 Å². The molecule has 0 aliphatic carbocycles. The molecule has 1 N–H and O–H groups in total. The molecule has 0 bridgehead atoms. The number of hydrogen-bond donors (Lipinski definition) is 1. The first kappa shape index (κ1) is 20.8. The minimum Gasteiger partial charge on any atom is -0.452 e. The first-order valence-corrected chi connectivity index (χ1v) is 10.2. The van der Waals surface area contributed by atoms with Crippen LogP contribution >= 0.6 is 23.5 Å². The number of nitrogens with zero attached hydrogens (tertiary/aromatic N) is 1. The van der Waals surface area contributed by atoms with Crippen LogP contribution in [0.25, 0.3) is 0 Å². The van der Waals surface area contributed by atoms with Gasteiger partial charge in [0.1, 0.15) is 0 Å². The van der Waals surface area contributed by atoms with Crippen LogP contribution < -0.4 is 5.32 Å². The van der Waals surface area contributed by atoms with Crippen LogP contribution in [0.4, 0.5) is 5.69 Å². The third-order valence-electron chi connectivity index (χ3n) is 3.38. The second-order valence-corrected chi connectivity index (χ2v) is 7.25. The predicted molar refractivity (Wildman–Crippen MR) is 105 cm³/mol. The average molecular weight is 406 g/mol. The maximum atomic E-state index is 12.0. The summed E-state index contributed by atoms with van der Waals surface area (Å²) in [4.78, 5) is 35.8. The number of ether oxygens (including phenoxy) is 1. The van der Waals surface area contributed by atoms with Crippen LogP contribution in [-0.2, 0) is 9.53 Å². The fraction of sp³-hybridized carbons (Fsp3) is 0.222. The largest absolute Gasteiger partial charge is 0.452 e. The zero-order valence-corrected chi connectivity index (χ0v) is 16.2. The van der Waals surface area contributed by atoms with Crippen molar-refractivity contribution in [3.8, 4) is 0 Å². The van der Waals surface area contributed by atoms with Gasteiger partial charge in [-0.05, 0) is 30.5 Å². The van der Waals surface area contributed by atoms with Gasteiger partial charge in [0.15, 0.2) is 6.61 Å². The highest BCUT2D eigenvalue weighted by atomic mass is 32.2. The second kappa shape index (κ2) is 10.6. The molecule has 0 fully saturated rings. The SMILES string of the molecule is CSc1ccc(C(=O)OCC(=O)NCCSc2ccccc2)cc1[N+](=O)[O-]. The summed E-state index contributed by atoms with van der Waals surface area (Å²) in [6, 6.07) is 13.9. The Morgan fingerprint density at radius 2 is 1.93 bits per heavy atom. The fourth-order valence-electron chi connectivity index (χ4n) is 2.10. The monoisotopic (exact) mass is 406 g/mol. The predicted octanol–water partition coefficient (Wildman–Crippen LogP) is 3.38. The van der Waals surface area contributed by atoms with E-state index in [9.17, 15) is 19.7 Å². The number of amides is 1. The van der Waals surface area contributed by atoms with Gasteiger partial charge in [0.05, 0.1) is 15.4 Å². The molecular weight excluding hydrogens is 388 g/mol. The summed E-state index contributed by atoms with van der Waals surface area (Å²) in [5.41, 5.74) is -0.133. The molecule has 2 aromatic carbocycles. The van der Waals surface area contributed by atoms with Gasteiger partial charge >= 0.3 is 5.97 Å². The van der Waals surface area contributed by atoms with Gasteiger partial charge in [0.2, 0.25) is 0 Å². The molecule has 0 radical (unpaired) electrons. The number of nitro benzene ring substituents is 1. The normalized spacial score (nSPS) is 10.3. The third-order valence-corrected chi connectivity index (χ3v) is 5.18. The first-order chi connectivity index (χ1) is 13.0. The van der Waals surface area contributed by atoms with E-state index < -0.39 is 23.4 Å². The molecule has 0 unspecified atom stereocenters. The summed E-state index contributed by atoms with van der Waals surface area (Å²) in [5.74, 6) is -0.515. The number of nitrogens with one attached hydrogen (secondary N) is 1. The molecule has 1 amide bonds. The number of rotatable bonds is 9. The van der Waals surface area contributed by atoms with E-state index in [1.165, 1.54) is 23.9 Å². The van der Waals surface area contributed by atoms with E-state index in [1.54, 1.807) is 18.0 Å². The molecule has 27 heavy (non-hydrogen) atoms. The molecule has 2 aromatic rings. The van der Waals surface area contributed by atoms with Crippen molar-refractivity contribution in [1.82, 2.24) is 5.32 Å². The highest BCUT2D eigenvalue weighted by Gasteiger charge is 2.18. The Kier molecular flexibility index (Phi) is 8.15. The highest BCUT2D eigenvalue weighted by Crippen LogP contribution is 2.28. The lowest BCUT2D eigenvalue weighted by Crippen LogP contribution is -2.30. The van der Waals surface area contributed by atoms with E-state index >= 15 is 0 Å². The van der Waals surface area contributed by atoms with Crippen LogP contribution in [0.15, 0.2) is 58.3 Å². The van der Waals surface area contributed by atoms with E-state index in [2.05, 4.69) is 5.32 Å². The number of nitro groups is 1. The number of hydrogen-bond acceptors (Lipinski definition) is 7. The van der Waals surface area contributed by atoms with Crippen molar-refractivity contribution in [3.63, 3.8) is 0 Å². The van der Waals surface area contributed by atoms with Crippen LogP contribution in [0.3, 0.4) is 0 Å². The molecule has 142 valence electrons. The molecule has 0 atom stereocenters. The molecule has 0 aliphatic heterocycles. The first-order valence-electron chi connectivity index (χ1n) is 7.95. The molecule has 9 heteroatoms. The Balaban J connectivity index is 1.77. The molecule has 0 aromatic heterocycles. The standard InChI is InChI=1S/C18H18N2O5S2/c1-26-16-8-7-13(11-15(16)20(23)24)18(22)25-12-17(21)19-9-10-27-14-5-3-2-4-6-14/h2-8,11H,9-10,12H2,1H3,(H,19,21). The smallest absolute Gasteiger partial charge is 0.338 e. The zero-order chi connectivity index (χ0) is 19.6. The number of esters is 1. The number of benzene rings is 2. The molecule has 0 heterocycles. The van der Waals surface area contributed by atoms with Crippen LogP contribution in [-0.4, -0.2) is 42.0 Å². The van der Waals surface area contributed by atoms with Crippen LogP contribution in [0, 0.1) is 10.1 Å². The van der Waals surface area contributed by atoms with Gasteiger partial charge in [0.25, 0.3) is 11.6 Å². The lowest BCUT2D eigenvalue weighted by atomic mass is 10.2. The lowest BCUT2D eigenvalue weighted by Gasteiger charge is -2.07. The van der Waals surface area contributed by atoms with Crippen molar-refractivity contribution in [2.24, 2.45) is 0 Å². The van der Waals surface area contributed by atoms with Crippen LogP contribution in [0.5, 0.6) is 0 Å². The Bertz CT molecular complexity index is 815. The Hall–Kier alpha value is -2.52. The van der Waals surface area contributed by atoms with Gasteiger partial charge in [-0.25, -0.2) is 4.79 Å². The lowest BCUT2D eigenvalue weighted by molar-refractivity contribution is -0.387. The van der Waals surface area contributed by atoms with E-state index in [-0.39, 0.29) is 11.3 Å². The minimum atomic E-state index is -0.778. The summed E-state index contributed by atoms with van der Waals surface area (Å²) in [5, 5.41) is 13.7. The van der Waals surface area contributed by atoms with Gasteiger partial charge < -0.3 is 10.1 Å². The van der Waals surface area contributed by atoms with Gasteiger partial charge in [-0.15, -0.1) is 23.5 Å². The highest BCUT2D eigenvalue weighted by molar-refractivity contribution is 7.99. The maximum absolute atomic E-state index is 12.0. The Morgan fingerprint density at radius 3 is 2.59 bits per heavy atom. The minimum absolute atomic E-state index is 0.0342. The molecule has 0 saturated carbocycles. The van der Waals surface area contributed by atoms with Crippen LogP contribution in [0.2, 0.25) is 0 Å². The van der Waals surface area contributed by atoms with Crippen molar-refractivity contribution in [1.29, 1.82) is 0 Å². The Morgan fingerprint density at radius 1 is 1.19 bits per heavy atom. The van der Waals surface area contributed by atoms with Crippen molar-refractivity contribution < 1.29 is 19.2 Å². The van der Waals surface area contributed by atoms with Crippen molar-refractivity contribution in [3.05, 3.63) is 64.2 Å². The third kappa shape index (κ3) is 6.61. The molecule has 2 rings (SSSR count). The van der Waals surface area contributed by atoms with E-state index in [0.29, 0.717) is 17.2 Å². The molecule has 0 aliphatic rings.